The second-order valence-electron chi connectivity index (χ2n) is 6.88. The maximum atomic E-state index is 12.7. The molecule has 142 valence electrons. The van der Waals surface area contributed by atoms with Crippen molar-refractivity contribution in [2.24, 2.45) is 0 Å². The van der Waals surface area contributed by atoms with Crippen molar-refractivity contribution in [3.05, 3.63) is 71.8 Å². The number of hydrogen-bond acceptors (Lipinski definition) is 3. The number of likely N-dealkylation sites (N-methyl/N-ethyl adjacent to an activating group) is 1. The van der Waals surface area contributed by atoms with E-state index in [0.717, 1.165) is 11.1 Å². The van der Waals surface area contributed by atoms with Gasteiger partial charge in [-0.2, -0.15) is 0 Å². The molecule has 3 rings (SSSR count). The number of amides is 2. The van der Waals surface area contributed by atoms with Crippen LogP contribution in [0.3, 0.4) is 0 Å². The van der Waals surface area contributed by atoms with Gasteiger partial charge in [-0.1, -0.05) is 60.7 Å². The van der Waals surface area contributed by atoms with Crippen molar-refractivity contribution in [1.29, 1.82) is 0 Å². The molecule has 1 aliphatic heterocycles. The molecule has 0 aromatic heterocycles. The van der Waals surface area contributed by atoms with Gasteiger partial charge in [0.1, 0.15) is 6.04 Å². The summed E-state index contributed by atoms with van der Waals surface area (Å²) in [6.45, 7) is 1.80. The van der Waals surface area contributed by atoms with Crippen LogP contribution in [0.15, 0.2) is 60.7 Å². The fraction of sp³-hybridized carbons (Fsp3) is 0.364. The number of carbonyl (C=O) groups is 2. The first-order valence-electron chi connectivity index (χ1n) is 9.35. The summed E-state index contributed by atoms with van der Waals surface area (Å²) in [4.78, 5) is 28.4. The van der Waals surface area contributed by atoms with E-state index in [4.69, 9.17) is 4.74 Å². The van der Waals surface area contributed by atoms with Crippen LogP contribution in [-0.2, 0) is 27.4 Å². The average Bonchev–Trinajstić information content (AvgIpc) is 2.69. The number of carbonyl (C=O) groups excluding carboxylic acids is 2. The Bertz CT molecular complexity index is 749. The van der Waals surface area contributed by atoms with E-state index in [0.29, 0.717) is 32.6 Å². The van der Waals surface area contributed by atoms with Gasteiger partial charge in [-0.25, -0.2) is 0 Å². The molecule has 0 radical (unpaired) electrons. The van der Waals surface area contributed by atoms with Gasteiger partial charge in [-0.05, 0) is 17.5 Å². The van der Waals surface area contributed by atoms with Gasteiger partial charge in [0.05, 0.1) is 13.2 Å². The van der Waals surface area contributed by atoms with E-state index in [1.165, 1.54) is 4.90 Å². The maximum Gasteiger partial charge on any atom is 0.245 e. The molecule has 2 aromatic rings. The van der Waals surface area contributed by atoms with Crippen molar-refractivity contribution in [1.82, 2.24) is 9.80 Å². The first kappa shape index (κ1) is 19.1. The fourth-order valence-electron chi connectivity index (χ4n) is 3.35. The predicted octanol–water partition coefficient (Wildman–Crippen LogP) is 2.51. The molecule has 0 unspecified atom stereocenters. The normalized spacial score (nSPS) is 17.4. The Kier molecular flexibility index (Phi) is 6.60. The summed E-state index contributed by atoms with van der Waals surface area (Å²) in [6, 6.07) is 19.4. The third-order valence-electron chi connectivity index (χ3n) is 4.80. The average molecular weight is 366 g/mol. The zero-order chi connectivity index (χ0) is 19.1. The number of piperazine rings is 1. The molecule has 1 atom stereocenters. The largest absolute Gasteiger partial charge is 0.377 e. The second kappa shape index (κ2) is 9.33. The summed E-state index contributed by atoms with van der Waals surface area (Å²) in [7, 11) is 1.69. The molecular formula is C22H26N2O3. The molecule has 0 saturated carbocycles. The van der Waals surface area contributed by atoms with Crippen LogP contribution < -0.4 is 0 Å². The predicted molar refractivity (Wildman–Crippen MR) is 104 cm³/mol. The molecular weight excluding hydrogens is 340 g/mol. The summed E-state index contributed by atoms with van der Waals surface area (Å²) >= 11 is 0. The SMILES string of the molecule is CN1CC(=O)N(CCCOCc2ccccc2)[C@@H](Cc2ccccc2)C1=O. The molecule has 5 nitrogen and oxygen atoms in total. The van der Waals surface area contributed by atoms with Gasteiger partial charge in [-0.3, -0.25) is 9.59 Å². The summed E-state index contributed by atoms with van der Waals surface area (Å²) in [6.07, 6.45) is 1.25. The number of nitrogens with zero attached hydrogens (tertiary/aromatic N) is 2. The standard InChI is InChI=1S/C22H26N2O3/c1-23-16-21(25)24(13-8-14-27-17-19-11-6-3-7-12-19)20(22(23)26)15-18-9-4-2-5-10-18/h2-7,9-12,20H,8,13-17H2,1H3/t20-/m0/s1. The third-order valence-corrected chi connectivity index (χ3v) is 4.80. The smallest absolute Gasteiger partial charge is 0.245 e. The molecule has 1 fully saturated rings. The number of rotatable bonds is 8. The van der Waals surface area contributed by atoms with Gasteiger partial charge in [0.15, 0.2) is 0 Å². The van der Waals surface area contributed by atoms with E-state index in [1.807, 2.05) is 60.7 Å². The minimum atomic E-state index is -0.437. The first-order chi connectivity index (χ1) is 13.1. The lowest BCUT2D eigenvalue weighted by Gasteiger charge is -2.39. The van der Waals surface area contributed by atoms with Crippen LogP contribution in [0.1, 0.15) is 17.5 Å². The van der Waals surface area contributed by atoms with Gasteiger partial charge in [-0.15, -0.1) is 0 Å². The zero-order valence-electron chi connectivity index (χ0n) is 15.7. The Balaban J connectivity index is 1.55. The fourth-order valence-corrected chi connectivity index (χ4v) is 3.35. The Morgan fingerprint density at radius 3 is 2.26 bits per heavy atom. The molecule has 1 saturated heterocycles. The van der Waals surface area contributed by atoms with Gasteiger partial charge in [0.2, 0.25) is 11.8 Å². The number of benzene rings is 2. The highest BCUT2D eigenvalue weighted by atomic mass is 16.5. The summed E-state index contributed by atoms with van der Waals surface area (Å²) in [5.41, 5.74) is 2.19. The minimum Gasteiger partial charge on any atom is -0.377 e. The summed E-state index contributed by atoms with van der Waals surface area (Å²) < 4.78 is 5.71. The van der Waals surface area contributed by atoms with Gasteiger partial charge >= 0.3 is 0 Å². The molecule has 27 heavy (non-hydrogen) atoms. The van der Waals surface area contributed by atoms with Gasteiger partial charge in [0, 0.05) is 26.6 Å². The Morgan fingerprint density at radius 2 is 1.59 bits per heavy atom. The highest BCUT2D eigenvalue weighted by molar-refractivity contribution is 5.94. The van der Waals surface area contributed by atoms with E-state index in [-0.39, 0.29) is 18.4 Å². The van der Waals surface area contributed by atoms with Crippen LogP contribution >= 0.6 is 0 Å². The molecule has 0 spiro atoms. The van der Waals surface area contributed by atoms with E-state index in [2.05, 4.69) is 0 Å². The molecule has 0 bridgehead atoms. The number of ether oxygens (including phenoxy) is 1. The monoisotopic (exact) mass is 366 g/mol. The Hall–Kier alpha value is -2.66. The topological polar surface area (TPSA) is 49.9 Å². The molecule has 1 heterocycles. The van der Waals surface area contributed by atoms with Crippen LogP contribution in [-0.4, -0.2) is 54.4 Å². The first-order valence-corrected chi connectivity index (χ1v) is 9.35. The summed E-state index contributed by atoms with van der Waals surface area (Å²) in [5, 5.41) is 0. The van der Waals surface area contributed by atoms with Gasteiger partial charge < -0.3 is 14.5 Å². The van der Waals surface area contributed by atoms with Crippen LogP contribution in [0, 0.1) is 0 Å². The van der Waals surface area contributed by atoms with Crippen LogP contribution in [0.25, 0.3) is 0 Å². The van der Waals surface area contributed by atoms with Crippen LogP contribution in [0.4, 0.5) is 0 Å². The van der Waals surface area contributed by atoms with E-state index in [9.17, 15) is 9.59 Å². The maximum absolute atomic E-state index is 12.7. The molecule has 2 amide bonds. The molecule has 1 aliphatic rings. The van der Waals surface area contributed by atoms with Crippen molar-refractivity contribution >= 4 is 11.8 Å². The highest BCUT2D eigenvalue weighted by Crippen LogP contribution is 2.17. The Morgan fingerprint density at radius 1 is 0.963 bits per heavy atom. The van der Waals surface area contributed by atoms with Gasteiger partial charge in [0.25, 0.3) is 0 Å². The van der Waals surface area contributed by atoms with Crippen molar-refractivity contribution < 1.29 is 14.3 Å². The lowest BCUT2D eigenvalue weighted by atomic mass is 10.0. The van der Waals surface area contributed by atoms with Crippen molar-refractivity contribution in [3.8, 4) is 0 Å². The van der Waals surface area contributed by atoms with Crippen molar-refractivity contribution in [2.75, 3.05) is 26.7 Å². The van der Waals surface area contributed by atoms with Crippen LogP contribution in [0.5, 0.6) is 0 Å². The van der Waals surface area contributed by atoms with Crippen LogP contribution in [0.2, 0.25) is 0 Å². The molecule has 5 heteroatoms. The van der Waals surface area contributed by atoms with Crippen molar-refractivity contribution in [3.63, 3.8) is 0 Å². The summed E-state index contributed by atoms with van der Waals surface area (Å²) in [5.74, 6) is 0.00440. The quantitative estimate of drug-likeness (QED) is 0.675. The third kappa shape index (κ3) is 5.17. The lowest BCUT2D eigenvalue weighted by molar-refractivity contribution is -0.154. The van der Waals surface area contributed by atoms with E-state index >= 15 is 0 Å². The van der Waals surface area contributed by atoms with Crippen molar-refractivity contribution in [2.45, 2.75) is 25.5 Å². The van der Waals surface area contributed by atoms with E-state index < -0.39 is 6.04 Å². The highest BCUT2D eigenvalue weighted by Gasteiger charge is 2.37. The zero-order valence-corrected chi connectivity index (χ0v) is 15.7. The van der Waals surface area contributed by atoms with E-state index in [1.54, 1.807) is 11.9 Å². The second-order valence-corrected chi connectivity index (χ2v) is 6.88. The number of hydrogen-bond donors (Lipinski definition) is 0. The molecule has 2 aromatic carbocycles. The minimum absolute atomic E-state index is 0.00101. The lowest BCUT2D eigenvalue weighted by Crippen LogP contribution is -2.59. The molecule has 0 aliphatic carbocycles. The Labute approximate surface area is 160 Å². The molecule has 0 N–H and O–H groups in total.